The second kappa shape index (κ2) is 10.1. The Hall–Kier alpha value is -2.29. The number of carbonyl (C=O) groups excluding carboxylic acids is 3. The van der Waals surface area contributed by atoms with Crippen LogP contribution in [0.4, 0.5) is 4.79 Å². The molecule has 1 aromatic rings. The summed E-state index contributed by atoms with van der Waals surface area (Å²) in [7, 11) is 1.51. The van der Waals surface area contributed by atoms with Crippen LogP contribution in [0.2, 0.25) is 5.02 Å². The van der Waals surface area contributed by atoms with Gasteiger partial charge in [0.25, 0.3) is 11.1 Å². The third-order valence-corrected chi connectivity index (χ3v) is 4.62. The summed E-state index contributed by atoms with van der Waals surface area (Å²) in [6.45, 7) is 4.21. The highest BCUT2D eigenvalue weighted by molar-refractivity contribution is 8.18. The lowest BCUT2D eigenvalue weighted by atomic mass is 10.2. The number of rotatable bonds is 9. The molecule has 1 aromatic carbocycles. The van der Waals surface area contributed by atoms with Crippen LogP contribution in [0.15, 0.2) is 35.8 Å². The number of amides is 3. The van der Waals surface area contributed by atoms with Crippen molar-refractivity contribution in [3.8, 4) is 5.75 Å². The molecular formula is C18H19ClN2O5S. The Morgan fingerprint density at radius 1 is 1.41 bits per heavy atom. The molecule has 7 nitrogen and oxygen atoms in total. The highest BCUT2D eigenvalue weighted by Gasteiger charge is 2.36. The topological polar surface area (TPSA) is 84.9 Å². The van der Waals surface area contributed by atoms with Crippen molar-refractivity contribution in [1.29, 1.82) is 0 Å². The van der Waals surface area contributed by atoms with Crippen LogP contribution in [0.25, 0.3) is 6.08 Å². The monoisotopic (exact) mass is 410 g/mol. The lowest BCUT2D eigenvalue weighted by Gasteiger charge is -2.12. The molecule has 1 heterocycles. The van der Waals surface area contributed by atoms with Crippen molar-refractivity contribution in [3.05, 3.63) is 46.3 Å². The van der Waals surface area contributed by atoms with E-state index >= 15 is 0 Å². The van der Waals surface area contributed by atoms with Crippen molar-refractivity contribution in [2.24, 2.45) is 0 Å². The predicted octanol–water partition coefficient (Wildman–Crippen LogP) is 2.70. The van der Waals surface area contributed by atoms with Gasteiger partial charge < -0.3 is 14.8 Å². The summed E-state index contributed by atoms with van der Waals surface area (Å²) in [5.74, 6) is -0.452. The SMILES string of the molecule is C=CCOc1ccc(/C=C2\SC(=O)N(CC(=O)NCCOC)C2=O)cc1Cl. The van der Waals surface area contributed by atoms with Gasteiger partial charge in [0.15, 0.2) is 0 Å². The Morgan fingerprint density at radius 3 is 2.85 bits per heavy atom. The maximum Gasteiger partial charge on any atom is 0.294 e. The minimum Gasteiger partial charge on any atom is -0.488 e. The van der Waals surface area contributed by atoms with Gasteiger partial charge in [-0.25, -0.2) is 0 Å². The molecule has 1 aliphatic heterocycles. The molecule has 27 heavy (non-hydrogen) atoms. The van der Waals surface area contributed by atoms with E-state index in [1.54, 1.807) is 30.4 Å². The van der Waals surface area contributed by atoms with E-state index in [1.165, 1.54) is 7.11 Å². The van der Waals surface area contributed by atoms with E-state index in [0.717, 1.165) is 16.7 Å². The highest BCUT2D eigenvalue weighted by atomic mass is 35.5. The first-order chi connectivity index (χ1) is 13.0. The number of imide groups is 1. The average molecular weight is 411 g/mol. The largest absolute Gasteiger partial charge is 0.488 e. The van der Waals surface area contributed by atoms with Crippen LogP contribution < -0.4 is 10.1 Å². The third-order valence-electron chi connectivity index (χ3n) is 3.41. The number of ether oxygens (including phenoxy) is 2. The zero-order valence-electron chi connectivity index (χ0n) is 14.7. The highest BCUT2D eigenvalue weighted by Crippen LogP contribution is 2.33. The molecule has 0 atom stereocenters. The van der Waals surface area contributed by atoms with Crippen molar-refractivity contribution >= 4 is 46.5 Å². The van der Waals surface area contributed by atoms with E-state index in [0.29, 0.717) is 36.1 Å². The number of nitrogens with zero attached hydrogens (tertiary/aromatic N) is 1. The van der Waals surface area contributed by atoms with Gasteiger partial charge in [-0.15, -0.1) is 0 Å². The zero-order chi connectivity index (χ0) is 19.8. The zero-order valence-corrected chi connectivity index (χ0v) is 16.3. The van der Waals surface area contributed by atoms with E-state index in [9.17, 15) is 14.4 Å². The summed E-state index contributed by atoms with van der Waals surface area (Å²) in [5.41, 5.74) is 0.640. The Morgan fingerprint density at radius 2 is 2.19 bits per heavy atom. The Labute approximate surface area is 166 Å². The number of thioether (sulfide) groups is 1. The van der Waals surface area contributed by atoms with Gasteiger partial charge in [0.05, 0.1) is 16.5 Å². The van der Waals surface area contributed by atoms with Gasteiger partial charge in [-0.05, 0) is 35.5 Å². The van der Waals surface area contributed by atoms with Gasteiger partial charge >= 0.3 is 0 Å². The van der Waals surface area contributed by atoms with Gasteiger partial charge in [0.2, 0.25) is 5.91 Å². The van der Waals surface area contributed by atoms with Crippen LogP contribution in [-0.2, 0) is 14.3 Å². The molecule has 144 valence electrons. The minimum absolute atomic E-state index is 0.223. The molecule has 0 saturated carbocycles. The van der Waals surface area contributed by atoms with Crippen molar-refractivity contribution in [3.63, 3.8) is 0 Å². The van der Waals surface area contributed by atoms with Gasteiger partial charge in [-0.1, -0.05) is 30.3 Å². The molecule has 9 heteroatoms. The van der Waals surface area contributed by atoms with Gasteiger partial charge in [-0.3, -0.25) is 19.3 Å². The van der Waals surface area contributed by atoms with Gasteiger partial charge in [-0.2, -0.15) is 0 Å². The Kier molecular flexibility index (Phi) is 7.90. The van der Waals surface area contributed by atoms with E-state index in [1.807, 2.05) is 0 Å². The lowest BCUT2D eigenvalue weighted by Crippen LogP contribution is -2.40. The average Bonchev–Trinajstić information content (AvgIpc) is 2.89. The maximum absolute atomic E-state index is 12.4. The molecule has 0 bridgehead atoms. The van der Waals surface area contributed by atoms with Gasteiger partial charge in [0, 0.05) is 13.7 Å². The lowest BCUT2D eigenvalue weighted by molar-refractivity contribution is -0.129. The molecule has 3 amide bonds. The molecule has 1 fully saturated rings. The summed E-state index contributed by atoms with van der Waals surface area (Å²) in [6.07, 6.45) is 3.16. The van der Waals surface area contributed by atoms with Crippen LogP contribution >= 0.6 is 23.4 Å². The summed E-state index contributed by atoms with van der Waals surface area (Å²) in [5, 5.41) is 2.45. The second-order valence-electron chi connectivity index (χ2n) is 5.40. The molecule has 0 aromatic heterocycles. The standard InChI is InChI=1S/C18H19ClN2O5S/c1-3-7-26-14-5-4-12(9-13(14)19)10-15-17(23)21(18(24)27-15)11-16(22)20-6-8-25-2/h3-5,9-10H,1,6-8,11H2,2H3,(H,20,22)/b15-10-. The molecule has 0 radical (unpaired) electrons. The third kappa shape index (κ3) is 5.85. The van der Waals surface area contributed by atoms with Crippen molar-refractivity contribution in [2.45, 2.75) is 0 Å². The van der Waals surface area contributed by atoms with Crippen LogP contribution in [0.1, 0.15) is 5.56 Å². The molecule has 0 unspecified atom stereocenters. The van der Waals surface area contributed by atoms with Crippen LogP contribution in [-0.4, -0.2) is 55.4 Å². The molecule has 1 saturated heterocycles. The fraction of sp³-hybridized carbons (Fsp3) is 0.278. The second-order valence-corrected chi connectivity index (χ2v) is 6.80. The first-order valence-corrected chi connectivity index (χ1v) is 9.20. The number of nitrogens with one attached hydrogen (secondary N) is 1. The number of methoxy groups -OCH3 is 1. The fourth-order valence-electron chi connectivity index (χ4n) is 2.15. The summed E-state index contributed by atoms with van der Waals surface area (Å²) in [6, 6.07) is 5.02. The number of carbonyl (C=O) groups is 3. The predicted molar refractivity (Wildman–Crippen MR) is 105 cm³/mol. The van der Waals surface area contributed by atoms with Crippen molar-refractivity contribution < 1.29 is 23.9 Å². The van der Waals surface area contributed by atoms with E-state index in [4.69, 9.17) is 21.1 Å². The molecule has 0 aliphatic carbocycles. The summed E-state index contributed by atoms with van der Waals surface area (Å²) >= 11 is 6.93. The van der Waals surface area contributed by atoms with Crippen molar-refractivity contribution in [2.75, 3.05) is 33.4 Å². The molecular weight excluding hydrogens is 392 g/mol. The normalized spacial score (nSPS) is 15.3. The number of hydrogen-bond acceptors (Lipinski definition) is 6. The molecule has 2 rings (SSSR count). The molecule has 0 spiro atoms. The van der Waals surface area contributed by atoms with Crippen LogP contribution in [0, 0.1) is 0 Å². The number of hydrogen-bond donors (Lipinski definition) is 1. The van der Waals surface area contributed by atoms with Crippen molar-refractivity contribution in [1.82, 2.24) is 10.2 Å². The maximum atomic E-state index is 12.4. The van der Waals surface area contributed by atoms with E-state index in [2.05, 4.69) is 11.9 Å². The van der Waals surface area contributed by atoms with Gasteiger partial charge in [0.1, 0.15) is 18.9 Å². The number of halogens is 1. The smallest absolute Gasteiger partial charge is 0.294 e. The minimum atomic E-state index is -0.519. The Bertz CT molecular complexity index is 781. The van der Waals surface area contributed by atoms with E-state index < -0.39 is 17.1 Å². The number of benzene rings is 1. The fourth-order valence-corrected chi connectivity index (χ4v) is 3.23. The summed E-state index contributed by atoms with van der Waals surface area (Å²) < 4.78 is 10.2. The van der Waals surface area contributed by atoms with Crippen LogP contribution in [0.5, 0.6) is 5.75 Å². The van der Waals surface area contributed by atoms with E-state index in [-0.39, 0.29) is 11.4 Å². The Balaban J connectivity index is 2.06. The first-order valence-electron chi connectivity index (χ1n) is 8.00. The molecule has 1 aliphatic rings. The van der Waals surface area contributed by atoms with Crippen LogP contribution in [0.3, 0.4) is 0 Å². The summed E-state index contributed by atoms with van der Waals surface area (Å²) in [4.78, 5) is 37.4. The molecule has 1 N–H and O–H groups in total. The first kappa shape index (κ1) is 21.0. The quantitative estimate of drug-likeness (QED) is 0.383.